The summed E-state index contributed by atoms with van der Waals surface area (Å²) in [7, 11) is 0. The van der Waals surface area contributed by atoms with Crippen LogP contribution in [-0.2, 0) is 17.1 Å². The lowest BCUT2D eigenvalue weighted by Crippen LogP contribution is -2.30. The molecule has 98 valence electrons. The van der Waals surface area contributed by atoms with Gasteiger partial charge in [-0.1, -0.05) is 20.8 Å². The van der Waals surface area contributed by atoms with Crippen LogP contribution in [0.4, 0.5) is 13.2 Å². The van der Waals surface area contributed by atoms with Crippen molar-refractivity contribution in [3.05, 3.63) is 17.5 Å². The number of aromatic nitrogens is 2. The third-order valence-corrected chi connectivity index (χ3v) is 2.40. The molecule has 0 aliphatic carbocycles. The monoisotopic (exact) mass is 248 g/mol. The topological polar surface area (TPSA) is 17.8 Å². The van der Waals surface area contributed by atoms with Crippen molar-refractivity contribution in [3.63, 3.8) is 0 Å². The number of rotatable bonds is 0. The lowest BCUT2D eigenvalue weighted by Gasteiger charge is -2.28. The number of nitrogens with zero attached hydrogens (tertiary/aromatic N) is 2. The van der Waals surface area contributed by atoms with Gasteiger partial charge in [0.15, 0.2) is 5.69 Å². The summed E-state index contributed by atoms with van der Waals surface area (Å²) in [5.41, 5.74) is -1.06. The Morgan fingerprint density at radius 1 is 1.00 bits per heavy atom. The van der Waals surface area contributed by atoms with Crippen LogP contribution >= 0.6 is 0 Å². The molecule has 0 fully saturated rings. The molecule has 0 aromatic carbocycles. The Labute approximate surface area is 99.8 Å². The van der Waals surface area contributed by atoms with Gasteiger partial charge in [-0.15, -0.1) is 0 Å². The van der Waals surface area contributed by atoms with Gasteiger partial charge in [-0.05, 0) is 26.8 Å². The van der Waals surface area contributed by atoms with Gasteiger partial charge in [0, 0.05) is 11.1 Å². The number of halogens is 3. The molecule has 0 saturated heterocycles. The van der Waals surface area contributed by atoms with Crippen molar-refractivity contribution in [3.8, 4) is 0 Å². The van der Waals surface area contributed by atoms with Crippen LogP contribution < -0.4 is 0 Å². The Morgan fingerprint density at radius 2 is 1.47 bits per heavy atom. The quantitative estimate of drug-likeness (QED) is 0.679. The molecule has 1 heterocycles. The number of hydrogen-bond donors (Lipinski definition) is 0. The first-order chi connectivity index (χ1) is 7.33. The van der Waals surface area contributed by atoms with Crippen molar-refractivity contribution in [2.45, 2.75) is 58.7 Å². The maximum absolute atomic E-state index is 12.7. The van der Waals surface area contributed by atoms with Crippen LogP contribution in [0.5, 0.6) is 0 Å². The van der Waals surface area contributed by atoms with Crippen molar-refractivity contribution in [1.82, 2.24) is 9.78 Å². The fraction of sp³-hybridized carbons (Fsp3) is 0.750. The van der Waals surface area contributed by atoms with E-state index in [1.807, 2.05) is 41.5 Å². The van der Waals surface area contributed by atoms with E-state index in [-0.39, 0.29) is 5.41 Å². The summed E-state index contributed by atoms with van der Waals surface area (Å²) in [5.74, 6) is 0. The summed E-state index contributed by atoms with van der Waals surface area (Å²) in [6.45, 7) is 11.2. The Bertz CT molecular complexity index is 371. The first-order valence-electron chi connectivity index (χ1n) is 5.52. The van der Waals surface area contributed by atoms with E-state index in [9.17, 15) is 13.2 Å². The summed E-state index contributed by atoms with van der Waals surface area (Å²) in [5, 5.41) is 3.71. The summed E-state index contributed by atoms with van der Waals surface area (Å²) >= 11 is 0. The zero-order chi connectivity index (χ0) is 13.6. The molecule has 0 atom stereocenters. The molecule has 0 aliphatic rings. The maximum Gasteiger partial charge on any atom is 0.435 e. The minimum Gasteiger partial charge on any atom is -0.263 e. The van der Waals surface area contributed by atoms with Gasteiger partial charge < -0.3 is 0 Å². The third kappa shape index (κ3) is 3.01. The highest BCUT2D eigenvalue weighted by molar-refractivity contribution is 5.21. The van der Waals surface area contributed by atoms with Gasteiger partial charge in [-0.3, -0.25) is 4.68 Å². The second-order valence-corrected chi connectivity index (χ2v) is 6.25. The lowest BCUT2D eigenvalue weighted by molar-refractivity contribution is -0.141. The molecule has 1 aromatic heterocycles. The molecule has 5 heteroatoms. The Balaban J connectivity index is 3.44. The van der Waals surface area contributed by atoms with Crippen molar-refractivity contribution in [1.29, 1.82) is 0 Å². The number of alkyl halides is 3. The van der Waals surface area contributed by atoms with Crippen LogP contribution in [0, 0.1) is 0 Å². The number of hydrogen-bond acceptors (Lipinski definition) is 1. The standard InChI is InChI=1S/C12H19F3N2/c1-10(2,3)9-7-8(12(13,14)15)16-17(9)11(4,5)6/h7H,1-6H3. The molecule has 0 unspecified atom stereocenters. The smallest absolute Gasteiger partial charge is 0.263 e. The fourth-order valence-corrected chi connectivity index (χ4v) is 1.57. The molecular weight excluding hydrogens is 229 g/mol. The van der Waals surface area contributed by atoms with Crippen LogP contribution in [0.15, 0.2) is 6.07 Å². The normalized spacial score (nSPS) is 14.2. The lowest BCUT2D eigenvalue weighted by atomic mass is 9.90. The molecular formula is C12H19F3N2. The summed E-state index contributed by atoms with van der Waals surface area (Å²) in [4.78, 5) is 0. The zero-order valence-corrected chi connectivity index (χ0v) is 11.1. The van der Waals surface area contributed by atoms with Gasteiger partial charge in [0.05, 0.1) is 5.54 Å². The van der Waals surface area contributed by atoms with Gasteiger partial charge in [0.2, 0.25) is 0 Å². The average Bonchev–Trinajstić information content (AvgIpc) is 2.42. The molecule has 1 aromatic rings. The molecule has 17 heavy (non-hydrogen) atoms. The van der Waals surface area contributed by atoms with E-state index in [1.165, 1.54) is 4.68 Å². The molecule has 0 radical (unpaired) electrons. The van der Waals surface area contributed by atoms with Crippen LogP contribution in [0.2, 0.25) is 0 Å². The Morgan fingerprint density at radius 3 is 1.71 bits per heavy atom. The van der Waals surface area contributed by atoms with Gasteiger partial charge in [0.25, 0.3) is 0 Å². The predicted molar refractivity (Wildman–Crippen MR) is 60.9 cm³/mol. The predicted octanol–water partition coefficient (Wildman–Crippen LogP) is 3.95. The molecule has 0 bridgehead atoms. The SMILES string of the molecule is CC(C)(C)c1cc(C(F)(F)F)nn1C(C)(C)C. The molecule has 0 spiro atoms. The van der Waals surface area contributed by atoms with Crippen molar-refractivity contribution < 1.29 is 13.2 Å². The van der Waals surface area contributed by atoms with Crippen LogP contribution in [-0.4, -0.2) is 9.78 Å². The highest BCUT2D eigenvalue weighted by Crippen LogP contribution is 2.34. The van der Waals surface area contributed by atoms with Crippen molar-refractivity contribution in [2.24, 2.45) is 0 Å². The van der Waals surface area contributed by atoms with E-state index < -0.39 is 17.4 Å². The second kappa shape index (κ2) is 3.75. The van der Waals surface area contributed by atoms with Crippen LogP contribution in [0.3, 0.4) is 0 Å². The summed E-state index contributed by atoms with van der Waals surface area (Å²) in [6, 6.07) is 1.14. The minimum absolute atomic E-state index is 0.371. The first-order valence-corrected chi connectivity index (χ1v) is 5.52. The average molecular weight is 248 g/mol. The van der Waals surface area contributed by atoms with Crippen LogP contribution in [0.25, 0.3) is 0 Å². The molecule has 0 saturated carbocycles. The van der Waals surface area contributed by atoms with E-state index in [4.69, 9.17) is 0 Å². The maximum atomic E-state index is 12.7. The molecule has 1 rings (SSSR count). The summed E-state index contributed by atoms with van der Waals surface area (Å²) in [6.07, 6.45) is -4.39. The van der Waals surface area contributed by atoms with E-state index in [2.05, 4.69) is 5.10 Å². The molecule has 0 amide bonds. The second-order valence-electron chi connectivity index (χ2n) is 6.25. The minimum atomic E-state index is -4.39. The van der Waals surface area contributed by atoms with Crippen molar-refractivity contribution >= 4 is 0 Å². The highest BCUT2D eigenvalue weighted by atomic mass is 19.4. The molecule has 2 nitrogen and oxygen atoms in total. The van der Waals surface area contributed by atoms with E-state index in [0.29, 0.717) is 5.69 Å². The molecule has 0 N–H and O–H groups in total. The van der Waals surface area contributed by atoms with Gasteiger partial charge in [0.1, 0.15) is 0 Å². The molecule has 0 aliphatic heterocycles. The highest BCUT2D eigenvalue weighted by Gasteiger charge is 2.38. The zero-order valence-electron chi connectivity index (χ0n) is 11.1. The van der Waals surface area contributed by atoms with Gasteiger partial charge in [-0.2, -0.15) is 18.3 Å². The fourth-order valence-electron chi connectivity index (χ4n) is 1.57. The Hall–Kier alpha value is -1.00. The third-order valence-electron chi connectivity index (χ3n) is 2.40. The van der Waals surface area contributed by atoms with Crippen molar-refractivity contribution in [2.75, 3.05) is 0 Å². The van der Waals surface area contributed by atoms with Gasteiger partial charge >= 0.3 is 6.18 Å². The van der Waals surface area contributed by atoms with Crippen LogP contribution in [0.1, 0.15) is 52.9 Å². The largest absolute Gasteiger partial charge is 0.435 e. The Kier molecular flexibility index (Phi) is 3.10. The van der Waals surface area contributed by atoms with E-state index >= 15 is 0 Å². The summed E-state index contributed by atoms with van der Waals surface area (Å²) < 4.78 is 39.5. The first kappa shape index (κ1) is 14.1. The van der Waals surface area contributed by atoms with Gasteiger partial charge in [-0.25, -0.2) is 0 Å². The van der Waals surface area contributed by atoms with E-state index in [1.54, 1.807) is 0 Å². The van der Waals surface area contributed by atoms with E-state index in [0.717, 1.165) is 6.07 Å².